The fourth-order valence-corrected chi connectivity index (χ4v) is 2.12. The summed E-state index contributed by atoms with van der Waals surface area (Å²) in [5.41, 5.74) is 6.91. The number of rotatable bonds is 2. The third-order valence-corrected chi connectivity index (χ3v) is 3.23. The maximum atomic E-state index is 11.4. The average molecular weight is 271 g/mol. The van der Waals surface area contributed by atoms with Gasteiger partial charge in [-0.1, -0.05) is 11.6 Å². The van der Waals surface area contributed by atoms with E-state index in [1.165, 1.54) is 0 Å². The summed E-state index contributed by atoms with van der Waals surface area (Å²) in [6.07, 6.45) is 0. The summed E-state index contributed by atoms with van der Waals surface area (Å²) in [5.74, 6) is 0.0395. The third-order valence-electron chi connectivity index (χ3n) is 2.98. The van der Waals surface area contributed by atoms with Crippen LogP contribution < -0.4 is 10.6 Å². The number of anilines is 1. The molecule has 1 fully saturated rings. The van der Waals surface area contributed by atoms with Crippen LogP contribution in [0.2, 0.25) is 5.15 Å². The van der Waals surface area contributed by atoms with Gasteiger partial charge in [-0.25, -0.2) is 9.97 Å². The zero-order chi connectivity index (χ0) is 13.3. The predicted molar refractivity (Wildman–Crippen MR) is 67.7 cm³/mol. The minimum atomic E-state index is -0.548. The summed E-state index contributed by atoms with van der Waals surface area (Å²) >= 11 is 6.10. The van der Waals surface area contributed by atoms with Crippen molar-refractivity contribution in [1.29, 1.82) is 0 Å². The number of carbonyl (C=O) groups is 1. The molecule has 0 radical (unpaired) electrons. The monoisotopic (exact) mass is 270 g/mol. The van der Waals surface area contributed by atoms with Gasteiger partial charge in [0.2, 0.25) is 5.91 Å². The second-order valence-corrected chi connectivity index (χ2v) is 4.55. The number of halogens is 1. The van der Waals surface area contributed by atoms with E-state index in [9.17, 15) is 4.79 Å². The molecule has 2 N–H and O–H groups in total. The molecule has 1 aliphatic rings. The van der Waals surface area contributed by atoms with Crippen molar-refractivity contribution in [3.8, 4) is 0 Å². The van der Waals surface area contributed by atoms with Crippen molar-refractivity contribution < 1.29 is 9.53 Å². The van der Waals surface area contributed by atoms with Crippen molar-refractivity contribution in [2.45, 2.75) is 19.9 Å². The minimum absolute atomic E-state index is 0.250. The van der Waals surface area contributed by atoms with Crippen molar-refractivity contribution in [2.75, 3.05) is 24.7 Å². The van der Waals surface area contributed by atoms with Gasteiger partial charge in [0, 0.05) is 6.54 Å². The Morgan fingerprint density at radius 1 is 1.44 bits per heavy atom. The second kappa shape index (κ2) is 5.07. The molecule has 1 amide bonds. The number of morpholine rings is 1. The topological polar surface area (TPSA) is 81.3 Å². The number of nitrogens with zero attached hydrogens (tertiary/aromatic N) is 3. The van der Waals surface area contributed by atoms with Gasteiger partial charge in [-0.05, 0) is 13.8 Å². The quantitative estimate of drug-likeness (QED) is 0.843. The normalized spacial score (nSPS) is 19.9. The van der Waals surface area contributed by atoms with Crippen molar-refractivity contribution in [3.05, 3.63) is 16.5 Å². The number of aromatic nitrogens is 2. The molecule has 1 aliphatic heterocycles. The number of aryl methyl sites for hydroxylation is 2. The first-order valence-corrected chi connectivity index (χ1v) is 6.03. The highest BCUT2D eigenvalue weighted by molar-refractivity contribution is 6.31. The van der Waals surface area contributed by atoms with E-state index in [0.717, 1.165) is 11.4 Å². The molecule has 1 aromatic rings. The van der Waals surface area contributed by atoms with Crippen LogP contribution in [-0.4, -0.2) is 41.7 Å². The SMILES string of the molecule is Cc1nc(Cl)c(N2CCOCC2C(N)=O)nc1C. The molecule has 0 aromatic carbocycles. The fraction of sp³-hybridized carbons (Fsp3) is 0.545. The molecular formula is C11H15ClN4O2. The smallest absolute Gasteiger partial charge is 0.242 e. The summed E-state index contributed by atoms with van der Waals surface area (Å²) in [6, 6.07) is -0.548. The van der Waals surface area contributed by atoms with Gasteiger partial charge in [0.1, 0.15) is 6.04 Å². The van der Waals surface area contributed by atoms with Gasteiger partial charge in [-0.3, -0.25) is 4.79 Å². The number of ether oxygens (including phenoxy) is 1. The molecule has 2 rings (SSSR count). The van der Waals surface area contributed by atoms with E-state index in [4.69, 9.17) is 22.1 Å². The van der Waals surface area contributed by atoms with Crippen LogP contribution in [0.1, 0.15) is 11.4 Å². The fourth-order valence-electron chi connectivity index (χ4n) is 1.84. The van der Waals surface area contributed by atoms with Crippen molar-refractivity contribution in [1.82, 2.24) is 9.97 Å². The average Bonchev–Trinajstić information content (AvgIpc) is 2.34. The Labute approximate surface area is 110 Å². The van der Waals surface area contributed by atoms with E-state index in [1.807, 2.05) is 13.8 Å². The molecule has 0 bridgehead atoms. The molecule has 1 saturated heterocycles. The Hall–Kier alpha value is -1.40. The maximum absolute atomic E-state index is 11.4. The van der Waals surface area contributed by atoms with E-state index in [0.29, 0.717) is 19.0 Å². The summed E-state index contributed by atoms with van der Waals surface area (Å²) in [4.78, 5) is 21.8. The zero-order valence-corrected chi connectivity index (χ0v) is 11.1. The number of hydrogen-bond acceptors (Lipinski definition) is 5. The highest BCUT2D eigenvalue weighted by atomic mass is 35.5. The van der Waals surface area contributed by atoms with Gasteiger partial charge >= 0.3 is 0 Å². The lowest BCUT2D eigenvalue weighted by Gasteiger charge is -2.34. The van der Waals surface area contributed by atoms with Gasteiger partial charge in [-0.2, -0.15) is 0 Å². The van der Waals surface area contributed by atoms with Gasteiger partial charge in [0.05, 0.1) is 24.6 Å². The molecule has 98 valence electrons. The Balaban J connectivity index is 2.39. The molecule has 1 unspecified atom stereocenters. The van der Waals surface area contributed by atoms with Crippen LogP contribution in [0, 0.1) is 13.8 Å². The summed E-state index contributed by atoms with van der Waals surface area (Å²) in [5, 5.41) is 0.284. The van der Waals surface area contributed by atoms with E-state index < -0.39 is 11.9 Å². The largest absolute Gasteiger partial charge is 0.377 e. The van der Waals surface area contributed by atoms with Crippen molar-refractivity contribution >= 4 is 23.3 Å². The van der Waals surface area contributed by atoms with Crippen LogP contribution in [0.25, 0.3) is 0 Å². The molecule has 1 aromatic heterocycles. The summed E-state index contributed by atoms with van der Waals surface area (Å²) < 4.78 is 5.26. The lowest BCUT2D eigenvalue weighted by atomic mass is 10.2. The van der Waals surface area contributed by atoms with Crippen LogP contribution >= 0.6 is 11.6 Å². The number of carbonyl (C=O) groups excluding carboxylic acids is 1. The molecule has 0 spiro atoms. The van der Waals surface area contributed by atoms with E-state index in [1.54, 1.807) is 4.90 Å². The minimum Gasteiger partial charge on any atom is -0.377 e. The Morgan fingerprint density at radius 3 is 2.78 bits per heavy atom. The molecule has 0 saturated carbocycles. The molecule has 1 atom stereocenters. The van der Waals surface area contributed by atoms with Gasteiger partial charge in [0.15, 0.2) is 11.0 Å². The third kappa shape index (κ3) is 2.39. The molecule has 18 heavy (non-hydrogen) atoms. The highest BCUT2D eigenvalue weighted by Crippen LogP contribution is 2.25. The number of hydrogen-bond donors (Lipinski definition) is 1. The van der Waals surface area contributed by atoms with Crippen LogP contribution in [0.5, 0.6) is 0 Å². The van der Waals surface area contributed by atoms with Crippen LogP contribution in [0.15, 0.2) is 0 Å². The maximum Gasteiger partial charge on any atom is 0.242 e. The van der Waals surface area contributed by atoms with E-state index in [-0.39, 0.29) is 11.8 Å². The standard InChI is InChI=1S/C11H15ClN4O2/c1-6-7(2)15-11(9(12)14-6)16-3-4-18-5-8(16)10(13)17/h8H,3-5H2,1-2H3,(H2,13,17). The van der Waals surface area contributed by atoms with Crippen LogP contribution in [0.3, 0.4) is 0 Å². The second-order valence-electron chi connectivity index (χ2n) is 4.20. The predicted octanol–water partition coefficient (Wildman–Crippen LogP) is 0.437. The van der Waals surface area contributed by atoms with Crippen LogP contribution in [0.4, 0.5) is 5.82 Å². The highest BCUT2D eigenvalue weighted by Gasteiger charge is 2.30. The van der Waals surface area contributed by atoms with Gasteiger partial charge < -0.3 is 15.4 Å². The van der Waals surface area contributed by atoms with Crippen molar-refractivity contribution in [3.63, 3.8) is 0 Å². The van der Waals surface area contributed by atoms with Gasteiger partial charge in [-0.15, -0.1) is 0 Å². The van der Waals surface area contributed by atoms with Crippen LogP contribution in [-0.2, 0) is 9.53 Å². The number of amides is 1. The lowest BCUT2D eigenvalue weighted by Crippen LogP contribution is -2.53. The Bertz CT molecular complexity index is 480. The number of primary amides is 1. The molecule has 2 heterocycles. The zero-order valence-electron chi connectivity index (χ0n) is 10.3. The van der Waals surface area contributed by atoms with E-state index >= 15 is 0 Å². The number of nitrogens with two attached hydrogens (primary N) is 1. The Kier molecular flexibility index (Phi) is 3.68. The summed E-state index contributed by atoms with van der Waals surface area (Å²) in [7, 11) is 0. The molecular weight excluding hydrogens is 256 g/mol. The molecule has 0 aliphatic carbocycles. The van der Waals surface area contributed by atoms with Crippen molar-refractivity contribution in [2.24, 2.45) is 5.73 Å². The van der Waals surface area contributed by atoms with E-state index in [2.05, 4.69) is 9.97 Å². The first-order valence-electron chi connectivity index (χ1n) is 5.65. The summed E-state index contributed by atoms with van der Waals surface area (Å²) in [6.45, 7) is 4.96. The first-order chi connectivity index (χ1) is 8.50. The molecule has 7 heteroatoms. The lowest BCUT2D eigenvalue weighted by molar-refractivity contribution is -0.121. The first kappa shape index (κ1) is 13.0. The molecule has 6 nitrogen and oxygen atoms in total. The van der Waals surface area contributed by atoms with Gasteiger partial charge in [0.25, 0.3) is 0 Å². The Morgan fingerprint density at radius 2 is 2.11 bits per heavy atom.